The van der Waals surface area contributed by atoms with E-state index in [0.29, 0.717) is 16.4 Å². The molecule has 0 saturated heterocycles. The number of hydrogen-bond acceptors (Lipinski definition) is 6. The third-order valence-corrected chi connectivity index (χ3v) is 3.74. The number of carbonyl (C=O) groups is 2. The smallest absolute Gasteiger partial charge is 0.326 e. The van der Waals surface area contributed by atoms with Gasteiger partial charge in [-0.1, -0.05) is 11.8 Å². The molecular formula is C12H12O5S. The van der Waals surface area contributed by atoms with Crippen LogP contribution >= 0.6 is 11.8 Å². The molecule has 5 nitrogen and oxygen atoms in total. The zero-order chi connectivity index (χ0) is 13.1. The standard InChI is InChI=1S/C12H12O5S/c1-15-7-3-4-9-10(5-7)18-11(12(14)16-2)8(13)6-17-9/h3-5,11H,6H2,1-2H3. The number of rotatable bonds is 2. The van der Waals surface area contributed by atoms with Gasteiger partial charge in [0.1, 0.15) is 18.1 Å². The number of ether oxygens (including phenoxy) is 3. The van der Waals surface area contributed by atoms with Crippen molar-refractivity contribution in [1.29, 1.82) is 0 Å². The van der Waals surface area contributed by atoms with Crippen molar-refractivity contribution in [2.24, 2.45) is 0 Å². The third kappa shape index (κ3) is 2.43. The highest BCUT2D eigenvalue weighted by atomic mass is 32.2. The summed E-state index contributed by atoms with van der Waals surface area (Å²) < 4.78 is 15.1. The zero-order valence-electron chi connectivity index (χ0n) is 9.97. The first kappa shape index (κ1) is 12.8. The van der Waals surface area contributed by atoms with Gasteiger partial charge in [-0.3, -0.25) is 9.59 Å². The molecule has 1 aromatic carbocycles. The van der Waals surface area contributed by atoms with E-state index in [2.05, 4.69) is 4.74 Å². The number of methoxy groups -OCH3 is 2. The lowest BCUT2D eigenvalue weighted by molar-refractivity contribution is -0.142. The number of benzene rings is 1. The summed E-state index contributed by atoms with van der Waals surface area (Å²) in [5, 5.41) is -0.886. The minimum Gasteiger partial charge on any atom is -0.497 e. The minimum absolute atomic E-state index is 0.133. The number of fused-ring (bicyclic) bond motifs is 1. The fraction of sp³-hybridized carbons (Fsp3) is 0.333. The number of thioether (sulfide) groups is 1. The Hall–Kier alpha value is -1.69. The van der Waals surface area contributed by atoms with Crippen LogP contribution in [-0.4, -0.2) is 37.8 Å². The molecule has 0 bridgehead atoms. The van der Waals surface area contributed by atoms with Crippen LogP contribution in [0.5, 0.6) is 11.5 Å². The Kier molecular flexibility index (Phi) is 3.76. The van der Waals surface area contributed by atoms with Crippen LogP contribution in [0.4, 0.5) is 0 Å². The van der Waals surface area contributed by atoms with Gasteiger partial charge >= 0.3 is 5.97 Å². The van der Waals surface area contributed by atoms with Crippen LogP contribution in [0.25, 0.3) is 0 Å². The highest BCUT2D eigenvalue weighted by Crippen LogP contribution is 2.38. The van der Waals surface area contributed by atoms with E-state index in [9.17, 15) is 9.59 Å². The second kappa shape index (κ2) is 5.30. The average molecular weight is 268 g/mol. The van der Waals surface area contributed by atoms with Gasteiger partial charge in [0.05, 0.1) is 19.1 Å². The highest BCUT2D eigenvalue weighted by molar-refractivity contribution is 8.01. The number of esters is 1. The van der Waals surface area contributed by atoms with Gasteiger partial charge in [-0.05, 0) is 18.2 Å². The third-order valence-electron chi connectivity index (χ3n) is 2.47. The van der Waals surface area contributed by atoms with Crippen LogP contribution in [0, 0.1) is 0 Å². The Morgan fingerprint density at radius 2 is 2.22 bits per heavy atom. The molecule has 0 radical (unpaired) electrons. The van der Waals surface area contributed by atoms with Crippen LogP contribution < -0.4 is 9.47 Å². The predicted octanol–water partition coefficient (Wildman–Crippen LogP) is 1.29. The van der Waals surface area contributed by atoms with Gasteiger partial charge < -0.3 is 14.2 Å². The summed E-state index contributed by atoms with van der Waals surface area (Å²) in [6.07, 6.45) is 0. The lowest BCUT2D eigenvalue weighted by Gasteiger charge is -2.09. The molecule has 0 N–H and O–H groups in total. The van der Waals surface area contributed by atoms with E-state index in [4.69, 9.17) is 9.47 Å². The molecule has 96 valence electrons. The average Bonchev–Trinajstić information content (AvgIpc) is 2.57. The van der Waals surface area contributed by atoms with E-state index in [1.165, 1.54) is 7.11 Å². The number of hydrogen-bond donors (Lipinski definition) is 0. The first-order chi connectivity index (χ1) is 8.65. The highest BCUT2D eigenvalue weighted by Gasteiger charge is 2.32. The Bertz CT molecular complexity index is 485. The Morgan fingerprint density at radius 1 is 1.44 bits per heavy atom. The molecule has 0 saturated carbocycles. The second-order valence-electron chi connectivity index (χ2n) is 3.59. The summed E-state index contributed by atoms with van der Waals surface area (Å²) >= 11 is 1.12. The molecule has 6 heteroatoms. The lowest BCUT2D eigenvalue weighted by Crippen LogP contribution is -2.30. The van der Waals surface area contributed by atoms with Crippen molar-refractivity contribution in [2.45, 2.75) is 10.1 Å². The maximum Gasteiger partial charge on any atom is 0.326 e. The van der Waals surface area contributed by atoms with E-state index in [1.807, 2.05) is 0 Å². The zero-order valence-corrected chi connectivity index (χ0v) is 10.8. The normalized spacial score (nSPS) is 18.3. The maximum absolute atomic E-state index is 11.8. The summed E-state index contributed by atoms with van der Waals surface area (Å²) in [7, 11) is 2.81. The first-order valence-electron chi connectivity index (χ1n) is 5.23. The number of Topliss-reactive ketones (excluding diaryl/α,β-unsaturated/α-hetero) is 1. The van der Waals surface area contributed by atoms with E-state index >= 15 is 0 Å². The topological polar surface area (TPSA) is 61.8 Å². The van der Waals surface area contributed by atoms with Gasteiger partial charge in [0, 0.05) is 0 Å². The predicted molar refractivity (Wildman–Crippen MR) is 65.2 cm³/mol. The Labute approximate surface area is 108 Å². The molecule has 1 aromatic rings. The molecule has 1 aliphatic heterocycles. The Balaban J connectivity index is 2.34. The molecule has 1 atom stereocenters. The first-order valence-corrected chi connectivity index (χ1v) is 6.11. The van der Waals surface area contributed by atoms with Crippen molar-refractivity contribution in [3.63, 3.8) is 0 Å². The Morgan fingerprint density at radius 3 is 2.89 bits per heavy atom. The van der Waals surface area contributed by atoms with Crippen molar-refractivity contribution in [2.75, 3.05) is 20.8 Å². The molecule has 2 rings (SSSR count). The van der Waals surface area contributed by atoms with Gasteiger partial charge in [0.25, 0.3) is 0 Å². The largest absolute Gasteiger partial charge is 0.497 e. The molecular weight excluding hydrogens is 256 g/mol. The molecule has 0 amide bonds. The van der Waals surface area contributed by atoms with E-state index in [1.54, 1.807) is 25.3 Å². The molecule has 0 aromatic heterocycles. The van der Waals surface area contributed by atoms with Crippen molar-refractivity contribution in [3.05, 3.63) is 18.2 Å². The van der Waals surface area contributed by atoms with E-state index in [-0.39, 0.29) is 12.4 Å². The molecule has 1 heterocycles. The van der Waals surface area contributed by atoms with Crippen molar-refractivity contribution in [3.8, 4) is 11.5 Å². The van der Waals surface area contributed by atoms with Crippen molar-refractivity contribution < 1.29 is 23.8 Å². The summed E-state index contributed by atoms with van der Waals surface area (Å²) in [6.45, 7) is -0.133. The van der Waals surface area contributed by atoms with Crippen LogP contribution in [0.1, 0.15) is 0 Å². The SMILES string of the molecule is COC(=O)C1Sc2cc(OC)ccc2OCC1=O. The fourth-order valence-electron chi connectivity index (χ4n) is 1.53. The van der Waals surface area contributed by atoms with Crippen LogP contribution in [0.2, 0.25) is 0 Å². The fourth-order valence-corrected chi connectivity index (χ4v) is 2.60. The minimum atomic E-state index is -0.886. The summed E-state index contributed by atoms with van der Waals surface area (Å²) in [6, 6.07) is 5.19. The molecule has 0 aliphatic carbocycles. The number of ketones is 1. The van der Waals surface area contributed by atoms with Crippen LogP contribution in [0.3, 0.4) is 0 Å². The monoisotopic (exact) mass is 268 g/mol. The summed E-state index contributed by atoms with van der Waals surface area (Å²) in [5.41, 5.74) is 0. The second-order valence-corrected chi connectivity index (χ2v) is 4.74. The maximum atomic E-state index is 11.8. The quantitative estimate of drug-likeness (QED) is 0.595. The molecule has 1 unspecified atom stereocenters. The van der Waals surface area contributed by atoms with Gasteiger partial charge in [-0.15, -0.1) is 0 Å². The van der Waals surface area contributed by atoms with Gasteiger partial charge in [0.2, 0.25) is 0 Å². The van der Waals surface area contributed by atoms with E-state index in [0.717, 1.165) is 11.8 Å². The van der Waals surface area contributed by atoms with Crippen molar-refractivity contribution >= 4 is 23.5 Å². The van der Waals surface area contributed by atoms with Crippen LogP contribution in [0.15, 0.2) is 23.1 Å². The molecule has 0 fully saturated rings. The molecule has 1 aliphatic rings. The summed E-state index contributed by atoms with van der Waals surface area (Å²) in [4.78, 5) is 24.0. The van der Waals surface area contributed by atoms with Gasteiger partial charge in [-0.25, -0.2) is 0 Å². The van der Waals surface area contributed by atoms with E-state index < -0.39 is 11.2 Å². The lowest BCUT2D eigenvalue weighted by atomic mass is 10.3. The van der Waals surface area contributed by atoms with Gasteiger partial charge in [0.15, 0.2) is 11.0 Å². The van der Waals surface area contributed by atoms with Crippen molar-refractivity contribution in [1.82, 2.24) is 0 Å². The van der Waals surface area contributed by atoms with Crippen LogP contribution in [-0.2, 0) is 14.3 Å². The van der Waals surface area contributed by atoms with Gasteiger partial charge in [-0.2, -0.15) is 0 Å². The number of carbonyl (C=O) groups excluding carboxylic acids is 2. The summed E-state index contributed by atoms with van der Waals surface area (Å²) in [5.74, 6) is 0.342. The molecule has 0 spiro atoms. The molecule has 18 heavy (non-hydrogen) atoms.